The van der Waals surface area contributed by atoms with Gasteiger partial charge in [0, 0.05) is 30.9 Å². The van der Waals surface area contributed by atoms with Gasteiger partial charge in [0.2, 0.25) is 0 Å². The zero-order valence-corrected chi connectivity index (χ0v) is 15.4. The minimum atomic E-state index is -0.218. The fraction of sp³-hybridized carbons (Fsp3) is 0.632. The van der Waals surface area contributed by atoms with E-state index in [1.165, 1.54) is 12.5 Å². The number of benzene rings is 1. The van der Waals surface area contributed by atoms with Crippen LogP contribution < -0.4 is 9.47 Å². The molecular weight excluding hydrogens is 306 g/mol. The van der Waals surface area contributed by atoms with Gasteiger partial charge < -0.3 is 19.1 Å². The van der Waals surface area contributed by atoms with Gasteiger partial charge >= 0.3 is 5.97 Å². The number of methoxy groups -OCH3 is 2. The molecule has 2 unspecified atom stereocenters. The third-order valence-electron chi connectivity index (χ3n) is 4.87. The Hall–Kier alpha value is -1.75. The van der Waals surface area contributed by atoms with Crippen molar-refractivity contribution in [2.24, 2.45) is 5.92 Å². The average molecular weight is 335 g/mol. The van der Waals surface area contributed by atoms with Crippen LogP contribution in [-0.4, -0.2) is 51.8 Å². The van der Waals surface area contributed by atoms with Gasteiger partial charge in [-0.05, 0) is 44.1 Å². The van der Waals surface area contributed by atoms with E-state index < -0.39 is 0 Å². The van der Waals surface area contributed by atoms with E-state index in [1.807, 2.05) is 0 Å². The number of ether oxygens (including phenoxy) is 3. The van der Waals surface area contributed by atoms with Crippen molar-refractivity contribution in [1.82, 2.24) is 4.90 Å². The molecule has 1 aliphatic rings. The second-order valence-electron chi connectivity index (χ2n) is 6.48. The standard InChI is InChI=1S/C19H29NO4/c1-6-16-18(22-4)9-15(10-19(16)23-5)17-11-20(3)8-7-14(17)12-24-13(2)21/h9-10,14,17H,6-8,11-12H2,1-5H3. The highest BCUT2D eigenvalue weighted by Crippen LogP contribution is 2.39. The van der Waals surface area contributed by atoms with Crippen LogP contribution in [0.5, 0.6) is 11.5 Å². The molecule has 2 atom stereocenters. The molecule has 1 aromatic rings. The summed E-state index contributed by atoms with van der Waals surface area (Å²) in [7, 11) is 5.52. The number of carbonyl (C=O) groups excluding carboxylic acids is 1. The molecule has 5 nitrogen and oxygen atoms in total. The summed E-state index contributed by atoms with van der Waals surface area (Å²) in [6.45, 7) is 5.98. The number of hydrogen-bond donors (Lipinski definition) is 0. The van der Waals surface area contributed by atoms with Crippen LogP contribution in [0.25, 0.3) is 0 Å². The van der Waals surface area contributed by atoms with E-state index in [1.54, 1.807) is 14.2 Å². The molecule has 0 aromatic heterocycles. The van der Waals surface area contributed by atoms with Gasteiger partial charge in [-0.25, -0.2) is 0 Å². The highest BCUT2D eigenvalue weighted by Gasteiger charge is 2.31. The first kappa shape index (κ1) is 18.6. The fourth-order valence-corrected chi connectivity index (χ4v) is 3.53. The van der Waals surface area contributed by atoms with Crippen molar-refractivity contribution < 1.29 is 19.0 Å². The Morgan fingerprint density at radius 1 is 1.25 bits per heavy atom. The molecule has 1 fully saturated rings. The number of likely N-dealkylation sites (N-methyl/N-ethyl adjacent to an activating group) is 1. The molecule has 0 spiro atoms. The van der Waals surface area contributed by atoms with Crippen molar-refractivity contribution in [1.29, 1.82) is 0 Å². The van der Waals surface area contributed by atoms with E-state index in [2.05, 4.69) is 31.0 Å². The van der Waals surface area contributed by atoms with E-state index >= 15 is 0 Å². The molecule has 0 N–H and O–H groups in total. The molecule has 0 saturated carbocycles. The summed E-state index contributed by atoms with van der Waals surface area (Å²) >= 11 is 0. The third kappa shape index (κ3) is 4.20. The maximum Gasteiger partial charge on any atom is 0.302 e. The Morgan fingerprint density at radius 2 is 1.88 bits per heavy atom. The first-order chi connectivity index (χ1) is 11.5. The Labute approximate surface area is 144 Å². The van der Waals surface area contributed by atoms with Crippen molar-refractivity contribution in [3.05, 3.63) is 23.3 Å². The van der Waals surface area contributed by atoms with Gasteiger partial charge in [0.1, 0.15) is 11.5 Å². The SMILES string of the molecule is CCc1c(OC)cc(C2CN(C)CCC2COC(C)=O)cc1OC. The second kappa shape index (κ2) is 8.38. The largest absolute Gasteiger partial charge is 0.496 e. The van der Waals surface area contributed by atoms with Crippen LogP contribution in [0.15, 0.2) is 12.1 Å². The first-order valence-electron chi connectivity index (χ1n) is 8.56. The smallest absolute Gasteiger partial charge is 0.302 e. The number of esters is 1. The van der Waals surface area contributed by atoms with Crippen molar-refractivity contribution in [2.45, 2.75) is 32.6 Å². The van der Waals surface area contributed by atoms with Gasteiger partial charge in [-0.1, -0.05) is 6.92 Å². The summed E-state index contributed by atoms with van der Waals surface area (Å²) < 4.78 is 16.5. The Morgan fingerprint density at radius 3 is 2.38 bits per heavy atom. The number of nitrogens with zero attached hydrogens (tertiary/aromatic N) is 1. The van der Waals surface area contributed by atoms with Crippen LogP contribution in [-0.2, 0) is 16.0 Å². The van der Waals surface area contributed by atoms with Crippen LogP contribution in [0.1, 0.15) is 37.3 Å². The maximum absolute atomic E-state index is 11.2. The molecule has 2 rings (SSSR count). The molecule has 24 heavy (non-hydrogen) atoms. The van der Waals surface area contributed by atoms with Crippen molar-refractivity contribution in [3.63, 3.8) is 0 Å². The Kier molecular flexibility index (Phi) is 6.49. The molecular formula is C19H29NO4. The zero-order chi connectivity index (χ0) is 17.7. The van der Waals surface area contributed by atoms with Crippen LogP contribution in [0.4, 0.5) is 0 Å². The molecule has 1 aliphatic heterocycles. The van der Waals surface area contributed by atoms with E-state index in [-0.39, 0.29) is 11.9 Å². The number of rotatable bonds is 6. The van der Waals surface area contributed by atoms with E-state index in [0.717, 1.165) is 43.0 Å². The summed E-state index contributed by atoms with van der Waals surface area (Å²) in [4.78, 5) is 13.5. The molecule has 134 valence electrons. The third-order valence-corrected chi connectivity index (χ3v) is 4.87. The summed E-state index contributed by atoms with van der Waals surface area (Å²) in [6, 6.07) is 4.23. The first-order valence-corrected chi connectivity index (χ1v) is 8.56. The summed E-state index contributed by atoms with van der Waals surface area (Å²) in [5.41, 5.74) is 2.27. The van der Waals surface area contributed by atoms with E-state index in [9.17, 15) is 4.79 Å². The summed E-state index contributed by atoms with van der Waals surface area (Å²) in [5.74, 6) is 2.12. The summed E-state index contributed by atoms with van der Waals surface area (Å²) in [5, 5.41) is 0. The normalized spacial score (nSPS) is 21.4. The van der Waals surface area contributed by atoms with Crippen molar-refractivity contribution >= 4 is 5.97 Å². The Balaban J connectivity index is 2.35. The number of likely N-dealkylation sites (tertiary alicyclic amines) is 1. The molecule has 1 aromatic carbocycles. The monoisotopic (exact) mass is 335 g/mol. The quantitative estimate of drug-likeness (QED) is 0.748. The lowest BCUT2D eigenvalue weighted by Gasteiger charge is -2.37. The molecule has 0 amide bonds. The molecule has 0 radical (unpaired) electrons. The lowest BCUT2D eigenvalue weighted by atomic mass is 9.80. The van der Waals surface area contributed by atoms with Crippen molar-refractivity contribution in [2.75, 3.05) is 41.0 Å². The lowest BCUT2D eigenvalue weighted by molar-refractivity contribution is -0.143. The highest BCUT2D eigenvalue weighted by atomic mass is 16.5. The van der Waals surface area contributed by atoms with Crippen LogP contribution in [0, 0.1) is 5.92 Å². The van der Waals surface area contributed by atoms with Gasteiger partial charge in [-0.2, -0.15) is 0 Å². The van der Waals surface area contributed by atoms with Gasteiger partial charge in [-0.3, -0.25) is 4.79 Å². The van der Waals surface area contributed by atoms with Crippen LogP contribution in [0.2, 0.25) is 0 Å². The van der Waals surface area contributed by atoms with Gasteiger partial charge in [0.15, 0.2) is 0 Å². The van der Waals surface area contributed by atoms with Crippen molar-refractivity contribution in [3.8, 4) is 11.5 Å². The topological polar surface area (TPSA) is 48.0 Å². The number of carbonyl (C=O) groups is 1. The van der Waals surface area contributed by atoms with Crippen LogP contribution >= 0.6 is 0 Å². The molecule has 1 saturated heterocycles. The highest BCUT2D eigenvalue weighted by molar-refractivity contribution is 5.65. The van der Waals surface area contributed by atoms with E-state index in [4.69, 9.17) is 14.2 Å². The predicted octanol–water partition coefficient (Wildman–Crippen LogP) is 2.86. The van der Waals surface area contributed by atoms with Crippen LogP contribution in [0.3, 0.4) is 0 Å². The number of hydrogen-bond acceptors (Lipinski definition) is 5. The second-order valence-corrected chi connectivity index (χ2v) is 6.48. The average Bonchev–Trinajstić information content (AvgIpc) is 2.58. The number of piperidine rings is 1. The summed E-state index contributed by atoms with van der Waals surface area (Å²) in [6.07, 6.45) is 1.86. The van der Waals surface area contributed by atoms with Gasteiger partial charge in [0.05, 0.1) is 20.8 Å². The van der Waals surface area contributed by atoms with Gasteiger partial charge in [0.25, 0.3) is 0 Å². The minimum absolute atomic E-state index is 0.218. The molecule has 0 aliphatic carbocycles. The predicted molar refractivity (Wildman–Crippen MR) is 93.9 cm³/mol. The van der Waals surface area contributed by atoms with Gasteiger partial charge in [-0.15, -0.1) is 0 Å². The molecule has 0 bridgehead atoms. The molecule has 5 heteroatoms. The molecule has 1 heterocycles. The Bertz CT molecular complexity index is 547. The zero-order valence-electron chi connectivity index (χ0n) is 15.4. The maximum atomic E-state index is 11.2. The fourth-order valence-electron chi connectivity index (χ4n) is 3.53. The van der Waals surface area contributed by atoms with E-state index in [0.29, 0.717) is 12.5 Å². The lowest BCUT2D eigenvalue weighted by Crippen LogP contribution is -2.38. The minimum Gasteiger partial charge on any atom is -0.496 e.